The highest BCUT2D eigenvalue weighted by molar-refractivity contribution is 7.92. The van der Waals surface area contributed by atoms with Crippen molar-refractivity contribution in [3.8, 4) is 0 Å². The molecule has 0 bridgehead atoms. The van der Waals surface area contributed by atoms with Gasteiger partial charge < -0.3 is 5.32 Å². The molecule has 1 amide bonds. The Morgan fingerprint density at radius 2 is 1.52 bits per heavy atom. The van der Waals surface area contributed by atoms with E-state index in [0.29, 0.717) is 18.8 Å². The second kappa shape index (κ2) is 10.4. The number of benzene rings is 2. The van der Waals surface area contributed by atoms with Crippen LogP contribution in [0.2, 0.25) is 15.1 Å². The molecular formula is C20H22Cl3N3O5S2. The number of sulfonamides is 2. The van der Waals surface area contributed by atoms with Crippen molar-refractivity contribution in [1.82, 2.24) is 4.31 Å². The summed E-state index contributed by atoms with van der Waals surface area (Å²) >= 11 is 18.0. The summed E-state index contributed by atoms with van der Waals surface area (Å²) in [5, 5.41) is 2.79. The minimum absolute atomic E-state index is 0.00619. The van der Waals surface area contributed by atoms with E-state index < -0.39 is 32.5 Å². The van der Waals surface area contributed by atoms with Gasteiger partial charge in [-0.05, 0) is 49.2 Å². The largest absolute Gasteiger partial charge is 0.325 e. The number of carbonyl (C=O) groups excluding carboxylic acids is 1. The van der Waals surface area contributed by atoms with Crippen LogP contribution in [0.1, 0.15) is 19.3 Å². The van der Waals surface area contributed by atoms with Crippen molar-refractivity contribution in [2.75, 3.05) is 35.5 Å². The van der Waals surface area contributed by atoms with Crippen LogP contribution in [0.3, 0.4) is 0 Å². The smallest absolute Gasteiger partial charge is 0.245 e. The molecule has 1 saturated heterocycles. The Morgan fingerprint density at radius 3 is 2.09 bits per heavy atom. The second-order valence-electron chi connectivity index (χ2n) is 7.52. The maximum Gasteiger partial charge on any atom is 0.245 e. The molecule has 1 fully saturated rings. The van der Waals surface area contributed by atoms with Crippen LogP contribution in [0.4, 0.5) is 11.4 Å². The van der Waals surface area contributed by atoms with Gasteiger partial charge >= 0.3 is 0 Å². The zero-order valence-electron chi connectivity index (χ0n) is 17.6. The molecule has 8 nitrogen and oxygen atoms in total. The van der Waals surface area contributed by atoms with Crippen LogP contribution in [0, 0.1) is 0 Å². The standard InChI is InChI=1S/C20H22Cl3N3O5S2/c1-32(28,29)26(19-12-17(22)16(21)11-18(19)23)13-20(27)24-14-5-7-15(8-6-14)33(30,31)25-9-3-2-4-10-25/h5-8,11-12H,2-4,9-10,13H2,1H3,(H,24,27). The predicted octanol–water partition coefficient (Wildman–Crippen LogP) is 4.23. The maximum absolute atomic E-state index is 12.7. The fourth-order valence-electron chi connectivity index (χ4n) is 3.38. The molecule has 0 aromatic heterocycles. The fourth-order valence-corrected chi connectivity index (χ4v) is 6.45. The van der Waals surface area contributed by atoms with E-state index in [1.165, 1.54) is 40.7 Å². The van der Waals surface area contributed by atoms with Crippen molar-refractivity contribution in [2.45, 2.75) is 24.2 Å². The van der Waals surface area contributed by atoms with Gasteiger partial charge in [-0.2, -0.15) is 4.31 Å². The monoisotopic (exact) mass is 553 g/mol. The number of rotatable bonds is 7. The molecule has 1 aliphatic heterocycles. The summed E-state index contributed by atoms with van der Waals surface area (Å²) in [6, 6.07) is 8.27. The van der Waals surface area contributed by atoms with Crippen LogP contribution < -0.4 is 9.62 Å². The van der Waals surface area contributed by atoms with Gasteiger partial charge in [-0.15, -0.1) is 0 Å². The van der Waals surface area contributed by atoms with Crippen molar-refractivity contribution < 1.29 is 21.6 Å². The zero-order valence-corrected chi connectivity index (χ0v) is 21.5. The van der Waals surface area contributed by atoms with Gasteiger partial charge in [0.2, 0.25) is 26.0 Å². The lowest BCUT2D eigenvalue weighted by Gasteiger charge is -2.26. The van der Waals surface area contributed by atoms with Gasteiger partial charge in [0.15, 0.2) is 0 Å². The third-order valence-corrected chi connectivity index (χ3v) is 9.10. The molecule has 1 heterocycles. The number of piperidine rings is 1. The van der Waals surface area contributed by atoms with E-state index in [-0.39, 0.29) is 25.7 Å². The lowest BCUT2D eigenvalue weighted by molar-refractivity contribution is -0.114. The molecule has 0 unspecified atom stereocenters. The van der Waals surface area contributed by atoms with Gasteiger partial charge in [0.1, 0.15) is 6.54 Å². The number of nitrogens with one attached hydrogen (secondary N) is 1. The highest BCUT2D eigenvalue weighted by Gasteiger charge is 2.27. The summed E-state index contributed by atoms with van der Waals surface area (Å²) in [7, 11) is -7.49. The third kappa shape index (κ3) is 6.32. The van der Waals surface area contributed by atoms with E-state index in [0.717, 1.165) is 29.8 Å². The first-order valence-corrected chi connectivity index (χ1v) is 14.3. The van der Waals surface area contributed by atoms with Crippen molar-refractivity contribution in [3.63, 3.8) is 0 Å². The summed E-state index contributed by atoms with van der Waals surface area (Å²) in [4.78, 5) is 12.7. The van der Waals surface area contributed by atoms with Crippen molar-refractivity contribution >= 4 is 72.1 Å². The molecule has 0 saturated carbocycles. The Kier molecular flexibility index (Phi) is 8.19. The average Bonchev–Trinajstić information content (AvgIpc) is 2.75. The summed E-state index contributed by atoms with van der Waals surface area (Å²) in [6.07, 6.45) is 3.59. The lowest BCUT2D eigenvalue weighted by Crippen LogP contribution is -2.37. The van der Waals surface area contributed by atoms with Crippen LogP contribution in [0.15, 0.2) is 41.3 Å². The summed E-state index contributed by atoms with van der Waals surface area (Å²) in [5.74, 6) is -0.658. The SMILES string of the molecule is CS(=O)(=O)N(CC(=O)Nc1ccc(S(=O)(=O)N2CCCCC2)cc1)c1cc(Cl)c(Cl)cc1Cl. The molecule has 1 N–H and O–H groups in total. The molecule has 1 aliphatic rings. The summed E-state index contributed by atoms with van der Waals surface area (Å²) in [6.45, 7) is 0.392. The molecule has 0 radical (unpaired) electrons. The van der Waals surface area contributed by atoms with Crippen LogP contribution >= 0.6 is 34.8 Å². The summed E-state index contributed by atoms with van der Waals surface area (Å²) < 4.78 is 52.4. The zero-order chi connectivity index (χ0) is 24.4. The number of carbonyl (C=O) groups is 1. The van der Waals surface area contributed by atoms with Crippen molar-refractivity contribution in [2.24, 2.45) is 0 Å². The maximum atomic E-state index is 12.7. The average molecular weight is 555 g/mol. The van der Waals surface area contributed by atoms with E-state index in [1.54, 1.807) is 0 Å². The van der Waals surface area contributed by atoms with E-state index >= 15 is 0 Å². The molecule has 2 aromatic rings. The fraction of sp³-hybridized carbons (Fsp3) is 0.350. The van der Waals surface area contributed by atoms with Gasteiger partial charge in [-0.25, -0.2) is 16.8 Å². The van der Waals surface area contributed by atoms with E-state index in [1.807, 2.05) is 0 Å². The van der Waals surface area contributed by atoms with Gasteiger partial charge in [0, 0.05) is 18.8 Å². The number of anilines is 2. The quantitative estimate of drug-likeness (QED) is 0.516. The Bertz CT molecular complexity index is 1250. The topological polar surface area (TPSA) is 104 Å². The molecule has 0 aliphatic carbocycles. The van der Waals surface area contributed by atoms with E-state index in [4.69, 9.17) is 34.8 Å². The van der Waals surface area contributed by atoms with Crippen LogP contribution in [0.5, 0.6) is 0 Å². The Hall–Kier alpha value is -1.56. The third-order valence-electron chi connectivity index (χ3n) is 5.04. The lowest BCUT2D eigenvalue weighted by atomic mass is 10.2. The van der Waals surface area contributed by atoms with Crippen molar-refractivity contribution in [3.05, 3.63) is 51.5 Å². The van der Waals surface area contributed by atoms with Gasteiger partial charge in [-0.1, -0.05) is 41.2 Å². The molecular weight excluding hydrogens is 533 g/mol. The van der Waals surface area contributed by atoms with Crippen LogP contribution in [-0.2, 0) is 24.8 Å². The molecule has 0 spiro atoms. The minimum Gasteiger partial charge on any atom is -0.325 e. The highest BCUT2D eigenvalue weighted by atomic mass is 35.5. The first-order valence-electron chi connectivity index (χ1n) is 9.92. The van der Waals surface area contributed by atoms with E-state index in [2.05, 4.69) is 5.32 Å². The Labute approximate surface area is 208 Å². The van der Waals surface area contributed by atoms with Crippen LogP contribution in [0.25, 0.3) is 0 Å². The normalized spacial score (nSPS) is 15.3. The van der Waals surface area contributed by atoms with Gasteiger partial charge in [0.25, 0.3) is 0 Å². The Balaban J connectivity index is 1.75. The molecule has 3 rings (SSSR count). The second-order valence-corrected chi connectivity index (χ2v) is 12.6. The van der Waals surface area contributed by atoms with Crippen molar-refractivity contribution in [1.29, 1.82) is 0 Å². The minimum atomic E-state index is -3.89. The molecule has 180 valence electrons. The number of hydrogen-bond donors (Lipinski definition) is 1. The number of hydrogen-bond acceptors (Lipinski definition) is 5. The van der Waals surface area contributed by atoms with Gasteiger partial charge in [0.05, 0.1) is 31.9 Å². The number of amides is 1. The Morgan fingerprint density at radius 1 is 0.939 bits per heavy atom. The first kappa shape index (κ1) is 26.1. The first-order chi connectivity index (χ1) is 15.4. The van der Waals surface area contributed by atoms with Crippen LogP contribution in [-0.4, -0.2) is 52.9 Å². The highest BCUT2D eigenvalue weighted by Crippen LogP contribution is 2.35. The molecule has 33 heavy (non-hydrogen) atoms. The van der Waals surface area contributed by atoms with Gasteiger partial charge in [-0.3, -0.25) is 9.10 Å². The molecule has 0 atom stereocenters. The molecule has 2 aromatic carbocycles. The summed E-state index contributed by atoms with van der Waals surface area (Å²) in [5.41, 5.74) is 0.318. The van der Waals surface area contributed by atoms with E-state index in [9.17, 15) is 21.6 Å². The number of nitrogens with zero attached hydrogens (tertiary/aromatic N) is 2. The predicted molar refractivity (Wildman–Crippen MR) is 131 cm³/mol. The molecule has 13 heteroatoms. The number of halogens is 3.